The van der Waals surface area contributed by atoms with Crippen LogP contribution in [-0.4, -0.2) is 85.6 Å². The van der Waals surface area contributed by atoms with E-state index in [-0.39, 0.29) is 30.4 Å². The maximum Gasteiger partial charge on any atom is 0.310 e. The van der Waals surface area contributed by atoms with Crippen molar-refractivity contribution in [2.24, 2.45) is 11.8 Å². The van der Waals surface area contributed by atoms with Gasteiger partial charge in [-0.3, -0.25) is 14.4 Å². The molecule has 0 aromatic rings. The van der Waals surface area contributed by atoms with Crippen LogP contribution in [0.2, 0.25) is 0 Å². The number of halogens is 1. The third-order valence-corrected chi connectivity index (χ3v) is 6.88. The van der Waals surface area contributed by atoms with Crippen molar-refractivity contribution in [1.82, 2.24) is 9.80 Å². The molecule has 8 nitrogen and oxygen atoms in total. The minimum Gasteiger partial charge on any atom is -0.481 e. The molecule has 0 radical (unpaired) electrons. The summed E-state index contributed by atoms with van der Waals surface area (Å²) < 4.78 is 6.15. The molecular formula is C19H27BrN2O6. The number of carbonyl (C=O) groups is 3. The van der Waals surface area contributed by atoms with E-state index < -0.39 is 47.0 Å². The van der Waals surface area contributed by atoms with E-state index in [1.165, 1.54) is 4.90 Å². The lowest BCUT2D eigenvalue weighted by Crippen LogP contribution is -2.60. The van der Waals surface area contributed by atoms with Gasteiger partial charge in [-0.1, -0.05) is 22.0 Å². The highest BCUT2D eigenvalue weighted by Gasteiger charge is 2.77. The van der Waals surface area contributed by atoms with Crippen molar-refractivity contribution in [2.75, 3.05) is 19.7 Å². The quantitative estimate of drug-likeness (QED) is 0.446. The maximum atomic E-state index is 13.7. The second-order valence-electron chi connectivity index (χ2n) is 8.67. The molecular weight excluding hydrogens is 432 g/mol. The van der Waals surface area contributed by atoms with E-state index >= 15 is 0 Å². The topological polar surface area (TPSA) is 107 Å². The molecule has 28 heavy (non-hydrogen) atoms. The zero-order valence-corrected chi connectivity index (χ0v) is 17.9. The number of likely N-dealkylation sites (tertiary alicyclic amines) is 1. The minimum absolute atomic E-state index is 0.0487. The van der Waals surface area contributed by atoms with Gasteiger partial charge in [-0.25, -0.2) is 0 Å². The molecule has 3 rings (SSSR count). The molecule has 156 valence electrons. The van der Waals surface area contributed by atoms with Crippen molar-refractivity contribution in [2.45, 2.75) is 55.3 Å². The molecule has 2 N–H and O–H groups in total. The van der Waals surface area contributed by atoms with Gasteiger partial charge in [0.1, 0.15) is 11.6 Å². The number of nitrogens with zero attached hydrogens (tertiary/aromatic N) is 2. The number of β-amino-alcohol motifs (C(OH)–C–C–N with tert-alkyl or cyclic N) is 1. The number of aliphatic carboxylic acids is 1. The highest BCUT2D eigenvalue weighted by atomic mass is 79.9. The second kappa shape index (κ2) is 7.11. The lowest BCUT2D eigenvalue weighted by Gasteiger charge is -2.42. The number of hydrogen-bond donors (Lipinski definition) is 2. The monoisotopic (exact) mass is 458 g/mol. The molecule has 3 fully saturated rings. The van der Waals surface area contributed by atoms with Crippen molar-refractivity contribution < 1.29 is 29.3 Å². The van der Waals surface area contributed by atoms with Gasteiger partial charge in [0.05, 0.1) is 24.5 Å². The van der Waals surface area contributed by atoms with E-state index in [0.29, 0.717) is 6.42 Å². The highest BCUT2D eigenvalue weighted by molar-refractivity contribution is 9.09. The summed E-state index contributed by atoms with van der Waals surface area (Å²) in [7, 11) is 0. The number of hydrogen-bond acceptors (Lipinski definition) is 5. The summed E-state index contributed by atoms with van der Waals surface area (Å²) in [5, 5.41) is 19.3. The first kappa shape index (κ1) is 21.3. The Bertz CT molecular complexity index is 707. The SMILES string of the molecule is C=CCN(C(=O)[C@H]1N(CCO)C(=O)[C@@H]2[C@@H](C(=O)O)[C@@H]3O[C@@]21CC3Br)C(C)(C)C. The normalized spacial score (nSPS) is 36.5. The Hall–Kier alpha value is -1.45. The molecule has 9 heteroatoms. The van der Waals surface area contributed by atoms with E-state index in [2.05, 4.69) is 22.5 Å². The summed E-state index contributed by atoms with van der Waals surface area (Å²) in [5.41, 5.74) is -1.75. The number of carboxylic acids is 1. The van der Waals surface area contributed by atoms with Crippen molar-refractivity contribution in [3.63, 3.8) is 0 Å². The lowest BCUT2D eigenvalue weighted by molar-refractivity contribution is -0.152. The smallest absolute Gasteiger partial charge is 0.310 e. The number of carbonyl (C=O) groups excluding carboxylic acids is 2. The number of amides is 2. The highest BCUT2D eigenvalue weighted by Crippen LogP contribution is 2.60. The summed E-state index contributed by atoms with van der Waals surface area (Å²) in [6, 6.07) is -0.981. The summed E-state index contributed by atoms with van der Waals surface area (Å²) in [5.74, 6) is -3.82. The number of aliphatic hydroxyl groups is 1. The summed E-state index contributed by atoms with van der Waals surface area (Å²) in [6.07, 6.45) is 1.31. The third-order valence-electron chi connectivity index (χ3n) is 6.04. The predicted octanol–water partition coefficient (Wildman–Crippen LogP) is 0.624. The van der Waals surface area contributed by atoms with Crippen molar-refractivity contribution >= 4 is 33.7 Å². The fourth-order valence-corrected chi connectivity index (χ4v) is 5.95. The van der Waals surface area contributed by atoms with Gasteiger partial charge in [0.2, 0.25) is 11.8 Å². The van der Waals surface area contributed by atoms with Crippen LogP contribution in [0.1, 0.15) is 27.2 Å². The average Bonchev–Trinajstić information content (AvgIpc) is 3.16. The van der Waals surface area contributed by atoms with E-state index in [9.17, 15) is 24.6 Å². The maximum absolute atomic E-state index is 13.7. The summed E-state index contributed by atoms with van der Waals surface area (Å²) in [4.78, 5) is 41.5. The van der Waals surface area contributed by atoms with Gasteiger partial charge in [0.15, 0.2) is 0 Å². The fraction of sp³-hybridized carbons (Fsp3) is 0.737. The van der Waals surface area contributed by atoms with Crippen LogP contribution >= 0.6 is 15.9 Å². The van der Waals surface area contributed by atoms with Gasteiger partial charge >= 0.3 is 5.97 Å². The molecule has 0 aliphatic carbocycles. The molecule has 1 spiro atoms. The van der Waals surface area contributed by atoms with E-state index in [1.807, 2.05) is 20.8 Å². The standard InChI is InChI=1S/C19H27BrN2O6/c1-5-6-22(18(2,3)4)16(25)14-19-9-10(20)13(28-19)11(17(26)27)12(19)15(24)21(14)7-8-23/h5,10-14,23H,1,6-9H2,2-4H3,(H,26,27)/t10?,11-,12+,13-,14-,19+/m1/s1. The first-order valence-corrected chi connectivity index (χ1v) is 10.3. The molecule has 3 aliphatic heterocycles. The molecule has 1 unspecified atom stereocenters. The number of aliphatic hydroxyl groups excluding tert-OH is 1. The molecule has 2 amide bonds. The van der Waals surface area contributed by atoms with Crippen LogP contribution in [0.4, 0.5) is 0 Å². The summed E-state index contributed by atoms with van der Waals surface area (Å²) >= 11 is 3.49. The zero-order valence-electron chi connectivity index (χ0n) is 16.3. The number of fused-ring (bicyclic) bond motifs is 1. The van der Waals surface area contributed by atoms with Crippen LogP contribution in [0.5, 0.6) is 0 Å². The molecule has 3 heterocycles. The van der Waals surface area contributed by atoms with Gasteiger partial charge in [-0.2, -0.15) is 0 Å². The molecule has 2 bridgehead atoms. The van der Waals surface area contributed by atoms with Gasteiger partial charge < -0.3 is 24.7 Å². The summed E-state index contributed by atoms with van der Waals surface area (Å²) in [6.45, 7) is 9.29. The Morgan fingerprint density at radius 2 is 2.11 bits per heavy atom. The lowest BCUT2D eigenvalue weighted by atomic mass is 9.70. The van der Waals surface area contributed by atoms with Gasteiger partial charge in [0, 0.05) is 23.5 Å². The minimum atomic E-state index is -1.21. The van der Waals surface area contributed by atoms with Crippen LogP contribution in [0.15, 0.2) is 12.7 Å². The molecule has 0 saturated carbocycles. The van der Waals surface area contributed by atoms with Crippen LogP contribution < -0.4 is 0 Å². The third kappa shape index (κ3) is 2.90. The molecule has 3 saturated heterocycles. The van der Waals surface area contributed by atoms with Gasteiger partial charge in [-0.15, -0.1) is 6.58 Å². The zero-order chi connectivity index (χ0) is 21.0. The van der Waals surface area contributed by atoms with Gasteiger partial charge in [0.25, 0.3) is 0 Å². The number of alkyl halides is 1. The molecule has 3 aliphatic rings. The van der Waals surface area contributed by atoms with Crippen LogP contribution in [-0.2, 0) is 19.1 Å². The van der Waals surface area contributed by atoms with Crippen molar-refractivity contribution in [3.05, 3.63) is 12.7 Å². The van der Waals surface area contributed by atoms with Crippen LogP contribution in [0.25, 0.3) is 0 Å². The second-order valence-corrected chi connectivity index (χ2v) is 9.84. The van der Waals surface area contributed by atoms with Crippen LogP contribution in [0, 0.1) is 11.8 Å². The van der Waals surface area contributed by atoms with Crippen LogP contribution in [0.3, 0.4) is 0 Å². The first-order chi connectivity index (χ1) is 13.0. The largest absolute Gasteiger partial charge is 0.481 e. The number of carboxylic acid groups (broad SMARTS) is 1. The first-order valence-electron chi connectivity index (χ1n) is 9.39. The fourth-order valence-electron chi connectivity index (χ4n) is 5.01. The van der Waals surface area contributed by atoms with E-state index in [4.69, 9.17) is 4.74 Å². The Kier molecular flexibility index (Phi) is 5.40. The number of rotatable bonds is 6. The average molecular weight is 459 g/mol. The molecule has 0 aromatic carbocycles. The van der Waals surface area contributed by atoms with Gasteiger partial charge in [-0.05, 0) is 27.2 Å². The Balaban J connectivity index is 2.10. The van der Waals surface area contributed by atoms with Crippen molar-refractivity contribution in [1.29, 1.82) is 0 Å². The Morgan fingerprint density at radius 1 is 1.46 bits per heavy atom. The van der Waals surface area contributed by atoms with E-state index in [1.54, 1.807) is 11.0 Å². The Labute approximate surface area is 172 Å². The Morgan fingerprint density at radius 3 is 2.61 bits per heavy atom. The number of ether oxygens (including phenoxy) is 1. The molecule has 0 aromatic heterocycles. The van der Waals surface area contributed by atoms with E-state index in [0.717, 1.165) is 0 Å². The van der Waals surface area contributed by atoms with Crippen molar-refractivity contribution in [3.8, 4) is 0 Å². The molecule has 6 atom stereocenters. The predicted molar refractivity (Wildman–Crippen MR) is 104 cm³/mol.